The molecule has 0 spiro atoms. The lowest BCUT2D eigenvalue weighted by atomic mass is 10.2. The van der Waals surface area contributed by atoms with E-state index in [0.29, 0.717) is 5.75 Å². The summed E-state index contributed by atoms with van der Waals surface area (Å²) in [6.45, 7) is 0.101. The van der Waals surface area contributed by atoms with E-state index in [9.17, 15) is 13.6 Å². The van der Waals surface area contributed by atoms with Gasteiger partial charge in [-0.25, -0.2) is 13.6 Å². The van der Waals surface area contributed by atoms with Crippen LogP contribution in [0.15, 0.2) is 47.4 Å². The van der Waals surface area contributed by atoms with Crippen LogP contribution in [0.4, 0.5) is 14.5 Å². The van der Waals surface area contributed by atoms with Crippen LogP contribution in [-0.2, 0) is 4.74 Å². The highest BCUT2D eigenvalue weighted by Gasteiger charge is 2.16. The molecular formula is C15H13F2NO2S. The lowest BCUT2D eigenvalue weighted by molar-refractivity contribution is 0.0524. The number of esters is 1. The number of benzene rings is 2. The molecule has 0 unspecified atom stereocenters. The van der Waals surface area contributed by atoms with Gasteiger partial charge in [0, 0.05) is 16.7 Å². The molecule has 2 N–H and O–H groups in total. The molecule has 2 aromatic carbocycles. The fraction of sp³-hybridized carbons (Fsp3) is 0.133. The van der Waals surface area contributed by atoms with Crippen molar-refractivity contribution in [1.82, 2.24) is 0 Å². The molecule has 2 aromatic rings. The topological polar surface area (TPSA) is 52.3 Å². The summed E-state index contributed by atoms with van der Waals surface area (Å²) >= 11 is 1.50. The molecule has 0 fully saturated rings. The van der Waals surface area contributed by atoms with Crippen LogP contribution in [0.3, 0.4) is 0 Å². The van der Waals surface area contributed by atoms with Crippen molar-refractivity contribution in [3.05, 3.63) is 59.7 Å². The first-order valence-electron chi connectivity index (χ1n) is 6.17. The second-order valence-corrected chi connectivity index (χ2v) is 5.32. The first kappa shape index (κ1) is 15.3. The van der Waals surface area contributed by atoms with Crippen molar-refractivity contribution in [1.29, 1.82) is 0 Å². The number of nitrogen functional groups attached to an aromatic ring is 1. The van der Waals surface area contributed by atoms with E-state index in [0.717, 1.165) is 17.0 Å². The van der Waals surface area contributed by atoms with Crippen molar-refractivity contribution in [3.8, 4) is 0 Å². The molecule has 0 saturated heterocycles. The van der Waals surface area contributed by atoms with Gasteiger partial charge in [-0.2, -0.15) is 0 Å². The summed E-state index contributed by atoms with van der Waals surface area (Å²) in [5, 5.41) is 0. The van der Waals surface area contributed by atoms with Gasteiger partial charge in [0.25, 0.3) is 0 Å². The van der Waals surface area contributed by atoms with E-state index in [1.165, 1.54) is 11.8 Å². The minimum Gasteiger partial charge on any atom is -0.461 e. The molecule has 0 saturated carbocycles. The van der Waals surface area contributed by atoms with Gasteiger partial charge in [0.2, 0.25) is 0 Å². The van der Waals surface area contributed by atoms with Crippen molar-refractivity contribution in [3.63, 3.8) is 0 Å². The van der Waals surface area contributed by atoms with Gasteiger partial charge < -0.3 is 10.5 Å². The van der Waals surface area contributed by atoms with E-state index >= 15 is 0 Å². The molecule has 21 heavy (non-hydrogen) atoms. The summed E-state index contributed by atoms with van der Waals surface area (Å²) in [7, 11) is 0. The SMILES string of the molecule is Nc1cc(F)c(C(=O)OCCSc2ccccc2)cc1F. The number of hydrogen-bond acceptors (Lipinski definition) is 4. The highest BCUT2D eigenvalue weighted by molar-refractivity contribution is 7.99. The van der Waals surface area contributed by atoms with Crippen LogP contribution in [0.1, 0.15) is 10.4 Å². The van der Waals surface area contributed by atoms with E-state index in [4.69, 9.17) is 10.5 Å². The molecular weight excluding hydrogens is 296 g/mol. The molecule has 0 aliphatic carbocycles. The second-order valence-electron chi connectivity index (χ2n) is 4.15. The number of carbonyl (C=O) groups excluding carboxylic acids is 1. The summed E-state index contributed by atoms with van der Waals surface area (Å²) in [6.07, 6.45) is 0. The molecule has 0 radical (unpaired) electrons. The van der Waals surface area contributed by atoms with Crippen LogP contribution in [0.2, 0.25) is 0 Å². The van der Waals surface area contributed by atoms with Gasteiger partial charge in [0.1, 0.15) is 18.2 Å². The molecule has 0 aliphatic rings. The average molecular weight is 309 g/mol. The van der Waals surface area contributed by atoms with Crippen molar-refractivity contribution in [2.24, 2.45) is 0 Å². The van der Waals surface area contributed by atoms with Crippen molar-refractivity contribution < 1.29 is 18.3 Å². The number of ether oxygens (including phenoxy) is 1. The molecule has 110 valence electrons. The molecule has 2 rings (SSSR count). The maximum absolute atomic E-state index is 13.5. The maximum Gasteiger partial charge on any atom is 0.341 e. The minimum absolute atomic E-state index is 0.101. The Morgan fingerprint density at radius 3 is 2.57 bits per heavy atom. The van der Waals surface area contributed by atoms with Gasteiger partial charge in [-0.1, -0.05) is 18.2 Å². The molecule has 0 aliphatic heterocycles. The number of anilines is 1. The van der Waals surface area contributed by atoms with Gasteiger partial charge in [-0.15, -0.1) is 11.8 Å². The summed E-state index contributed by atoms with van der Waals surface area (Å²) < 4.78 is 31.6. The number of halogens is 2. The largest absolute Gasteiger partial charge is 0.461 e. The van der Waals surface area contributed by atoms with E-state index in [2.05, 4.69) is 0 Å². The predicted molar refractivity (Wildman–Crippen MR) is 78.2 cm³/mol. The van der Waals surface area contributed by atoms with Crippen LogP contribution < -0.4 is 5.73 Å². The van der Waals surface area contributed by atoms with Gasteiger partial charge in [-0.3, -0.25) is 0 Å². The summed E-state index contributed by atoms with van der Waals surface area (Å²) in [5.74, 6) is -2.12. The zero-order valence-corrected chi connectivity index (χ0v) is 11.8. The Morgan fingerprint density at radius 1 is 1.14 bits per heavy atom. The molecule has 0 amide bonds. The van der Waals surface area contributed by atoms with Crippen LogP contribution in [0, 0.1) is 11.6 Å². The smallest absolute Gasteiger partial charge is 0.341 e. The third kappa shape index (κ3) is 4.19. The minimum atomic E-state index is -0.903. The summed E-state index contributed by atoms with van der Waals surface area (Å²) in [4.78, 5) is 12.7. The van der Waals surface area contributed by atoms with Crippen LogP contribution >= 0.6 is 11.8 Å². The number of carbonyl (C=O) groups is 1. The van der Waals surface area contributed by atoms with Gasteiger partial charge in [-0.05, 0) is 18.2 Å². The van der Waals surface area contributed by atoms with Crippen molar-refractivity contribution in [2.75, 3.05) is 18.1 Å². The summed E-state index contributed by atoms with van der Waals surface area (Å²) in [5.41, 5.74) is 4.41. The Balaban J connectivity index is 1.86. The number of nitrogens with two attached hydrogens (primary N) is 1. The van der Waals surface area contributed by atoms with Crippen LogP contribution in [0.5, 0.6) is 0 Å². The molecule has 3 nitrogen and oxygen atoms in total. The molecule has 0 atom stereocenters. The Labute approximate surface area is 125 Å². The first-order valence-corrected chi connectivity index (χ1v) is 7.16. The van der Waals surface area contributed by atoms with Gasteiger partial charge in [0.15, 0.2) is 0 Å². The first-order chi connectivity index (χ1) is 10.1. The highest BCUT2D eigenvalue weighted by Crippen LogP contribution is 2.19. The van der Waals surface area contributed by atoms with Gasteiger partial charge >= 0.3 is 5.97 Å². The molecule has 6 heteroatoms. The third-order valence-corrected chi connectivity index (χ3v) is 3.61. The second kappa shape index (κ2) is 7.08. The van der Waals surface area contributed by atoms with Crippen LogP contribution in [0.25, 0.3) is 0 Å². The fourth-order valence-corrected chi connectivity index (χ4v) is 2.36. The number of hydrogen-bond donors (Lipinski definition) is 1. The third-order valence-electron chi connectivity index (χ3n) is 2.63. The van der Waals surface area contributed by atoms with E-state index in [1.807, 2.05) is 30.3 Å². The van der Waals surface area contributed by atoms with E-state index < -0.39 is 23.2 Å². The van der Waals surface area contributed by atoms with Crippen molar-refractivity contribution >= 4 is 23.4 Å². The molecule has 0 aromatic heterocycles. The Bertz CT molecular complexity index is 635. The summed E-state index contributed by atoms with van der Waals surface area (Å²) in [6, 6.07) is 11.1. The monoisotopic (exact) mass is 309 g/mol. The zero-order chi connectivity index (χ0) is 15.2. The predicted octanol–water partition coefficient (Wildman–Crippen LogP) is 3.50. The maximum atomic E-state index is 13.5. The Morgan fingerprint density at radius 2 is 1.86 bits per heavy atom. The van der Waals surface area contributed by atoms with Gasteiger partial charge in [0.05, 0.1) is 11.3 Å². The van der Waals surface area contributed by atoms with E-state index in [1.54, 1.807) is 0 Å². The number of rotatable bonds is 5. The Kier molecular flexibility index (Phi) is 5.16. The zero-order valence-electron chi connectivity index (χ0n) is 11.0. The standard InChI is InChI=1S/C15H13F2NO2S/c16-12-9-14(18)13(17)8-11(12)15(19)20-6-7-21-10-4-2-1-3-5-10/h1-5,8-9H,6-7,18H2. The van der Waals surface area contributed by atoms with E-state index in [-0.39, 0.29) is 12.3 Å². The lowest BCUT2D eigenvalue weighted by Gasteiger charge is -2.07. The quantitative estimate of drug-likeness (QED) is 0.397. The number of thioether (sulfide) groups is 1. The van der Waals surface area contributed by atoms with Crippen LogP contribution in [-0.4, -0.2) is 18.3 Å². The fourth-order valence-electron chi connectivity index (χ4n) is 1.61. The van der Waals surface area contributed by atoms with Crippen molar-refractivity contribution in [2.45, 2.75) is 4.90 Å². The molecule has 0 heterocycles. The average Bonchev–Trinajstić information content (AvgIpc) is 2.48. The normalized spacial score (nSPS) is 10.4. The highest BCUT2D eigenvalue weighted by atomic mass is 32.2. The lowest BCUT2D eigenvalue weighted by Crippen LogP contribution is -2.11. The molecule has 0 bridgehead atoms. The Hall–Kier alpha value is -2.08.